The Morgan fingerprint density at radius 1 is 1.04 bits per heavy atom. The van der Waals surface area contributed by atoms with Crippen LogP contribution < -0.4 is 4.90 Å². The average molecular weight is 376 g/mol. The highest BCUT2D eigenvalue weighted by molar-refractivity contribution is 5.62. The Labute approximate surface area is 163 Å². The highest BCUT2D eigenvalue weighted by atomic mass is 15.4. The fourth-order valence-corrected chi connectivity index (χ4v) is 4.88. The van der Waals surface area contributed by atoms with Crippen molar-refractivity contribution in [3.05, 3.63) is 36.6 Å². The van der Waals surface area contributed by atoms with Crippen LogP contribution in [0.1, 0.15) is 75.5 Å². The van der Waals surface area contributed by atoms with E-state index in [1.54, 1.807) is 6.33 Å². The zero-order chi connectivity index (χ0) is 18.7. The summed E-state index contributed by atoms with van der Waals surface area (Å²) < 4.78 is 4.13. The topological polar surface area (TPSA) is 77.5 Å². The lowest BCUT2D eigenvalue weighted by atomic mass is 10.0. The van der Waals surface area contributed by atoms with Crippen LogP contribution in [0, 0.1) is 0 Å². The number of hydrogen-bond donors (Lipinski definition) is 0. The normalized spacial score (nSPS) is 21.8. The fourth-order valence-electron chi connectivity index (χ4n) is 4.88. The Bertz CT molecular complexity index is 1010. The molecule has 3 aromatic heterocycles. The molecular formula is C20H24N8. The van der Waals surface area contributed by atoms with Crippen molar-refractivity contribution in [2.24, 2.45) is 0 Å². The van der Waals surface area contributed by atoms with Crippen molar-refractivity contribution in [1.29, 1.82) is 0 Å². The third-order valence-corrected chi connectivity index (χ3v) is 6.38. The number of hydrogen-bond acceptors (Lipinski definition) is 6. The van der Waals surface area contributed by atoms with Crippen molar-refractivity contribution in [2.45, 2.75) is 69.9 Å². The summed E-state index contributed by atoms with van der Waals surface area (Å²) in [7, 11) is 0. The van der Waals surface area contributed by atoms with E-state index >= 15 is 0 Å². The molecule has 2 fully saturated rings. The Balaban J connectivity index is 1.52. The molecule has 0 N–H and O–H groups in total. The molecule has 6 rings (SSSR count). The van der Waals surface area contributed by atoms with Crippen molar-refractivity contribution in [3.63, 3.8) is 0 Å². The van der Waals surface area contributed by atoms with Crippen molar-refractivity contribution in [2.75, 3.05) is 4.90 Å². The lowest BCUT2D eigenvalue weighted by molar-refractivity contribution is 0.468. The molecule has 144 valence electrons. The molecule has 0 aromatic carbocycles. The third-order valence-electron chi connectivity index (χ3n) is 6.38. The number of anilines is 1. The van der Waals surface area contributed by atoms with Gasteiger partial charge in [-0.15, -0.1) is 10.2 Å². The number of nitrogens with zero attached hydrogens (tertiary/aromatic N) is 8. The minimum absolute atomic E-state index is 0.200. The molecule has 0 bridgehead atoms. The van der Waals surface area contributed by atoms with Crippen molar-refractivity contribution in [1.82, 2.24) is 34.3 Å². The predicted molar refractivity (Wildman–Crippen MR) is 104 cm³/mol. The van der Waals surface area contributed by atoms with Gasteiger partial charge in [0.1, 0.15) is 17.8 Å². The molecule has 28 heavy (non-hydrogen) atoms. The first-order valence-corrected chi connectivity index (χ1v) is 10.4. The van der Waals surface area contributed by atoms with Gasteiger partial charge in [-0.2, -0.15) is 4.98 Å². The minimum atomic E-state index is 0.200. The average Bonchev–Trinajstić information content (AvgIpc) is 3.16. The van der Waals surface area contributed by atoms with Crippen LogP contribution in [0.15, 0.2) is 24.9 Å². The van der Waals surface area contributed by atoms with Gasteiger partial charge in [-0.05, 0) is 32.1 Å². The van der Waals surface area contributed by atoms with Gasteiger partial charge in [0.15, 0.2) is 11.6 Å². The second-order valence-corrected chi connectivity index (χ2v) is 8.14. The Morgan fingerprint density at radius 3 is 2.68 bits per heavy atom. The van der Waals surface area contributed by atoms with E-state index < -0.39 is 0 Å². The van der Waals surface area contributed by atoms with Crippen LogP contribution >= 0.6 is 0 Å². The Hall–Kier alpha value is -2.77. The maximum atomic E-state index is 5.09. The van der Waals surface area contributed by atoms with Crippen molar-refractivity contribution >= 4 is 5.82 Å². The molecular weight excluding hydrogens is 352 g/mol. The quantitative estimate of drug-likeness (QED) is 0.695. The van der Waals surface area contributed by atoms with Crippen molar-refractivity contribution in [3.8, 4) is 11.6 Å². The number of aromatic nitrogens is 7. The van der Waals surface area contributed by atoms with E-state index in [0.29, 0.717) is 17.9 Å². The van der Waals surface area contributed by atoms with Gasteiger partial charge in [0.2, 0.25) is 5.95 Å². The van der Waals surface area contributed by atoms with E-state index in [4.69, 9.17) is 9.97 Å². The molecule has 1 aliphatic heterocycles. The van der Waals surface area contributed by atoms with Crippen molar-refractivity contribution < 1.29 is 0 Å². The van der Waals surface area contributed by atoms with E-state index in [-0.39, 0.29) is 6.04 Å². The van der Waals surface area contributed by atoms with Gasteiger partial charge < -0.3 is 4.90 Å². The van der Waals surface area contributed by atoms with E-state index in [2.05, 4.69) is 36.1 Å². The SMILES string of the molecule is CCC1c2nncn2-c2cnc(-n3ccnc3C3CC3)nc2N1C1CCCC1. The second-order valence-electron chi connectivity index (χ2n) is 8.14. The van der Waals surface area contributed by atoms with Crippen LogP contribution in [-0.2, 0) is 0 Å². The summed E-state index contributed by atoms with van der Waals surface area (Å²) in [6, 6.07) is 0.703. The van der Waals surface area contributed by atoms with Crippen LogP contribution in [0.4, 0.5) is 5.82 Å². The fraction of sp³-hybridized carbons (Fsp3) is 0.550. The molecule has 3 aliphatic rings. The summed E-state index contributed by atoms with van der Waals surface area (Å²) in [6.45, 7) is 2.22. The molecule has 2 saturated carbocycles. The lowest BCUT2D eigenvalue weighted by Crippen LogP contribution is -2.42. The number of imidazole rings is 1. The summed E-state index contributed by atoms with van der Waals surface area (Å²) in [5.41, 5.74) is 0.980. The van der Waals surface area contributed by atoms with E-state index in [1.165, 1.54) is 38.5 Å². The molecule has 3 aromatic rings. The highest BCUT2D eigenvalue weighted by Crippen LogP contribution is 2.43. The van der Waals surface area contributed by atoms with Gasteiger partial charge in [0, 0.05) is 24.4 Å². The molecule has 0 saturated heterocycles. The van der Waals surface area contributed by atoms with Gasteiger partial charge in [-0.3, -0.25) is 9.13 Å². The molecule has 1 unspecified atom stereocenters. The van der Waals surface area contributed by atoms with Crippen LogP contribution in [-0.4, -0.2) is 40.3 Å². The first-order chi connectivity index (χ1) is 13.8. The summed E-state index contributed by atoms with van der Waals surface area (Å²) in [4.78, 5) is 16.9. The lowest BCUT2D eigenvalue weighted by Gasteiger charge is -2.40. The summed E-state index contributed by atoms with van der Waals surface area (Å²) >= 11 is 0. The molecule has 8 heteroatoms. The summed E-state index contributed by atoms with van der Waals surface area (Å²) in [5.74, 6) is 4.35. The van der Waals surface area contributed by atoms with E-state index in [1.807, 2.05) is 18.6 Å². The Morgan fingerprint density at radius 2 is 1.89 bits per heavy atom. The molecule has 4 heterocycles. The van der Waals surface area contributed by atoms with E-state index in [9.17, 15) is 0 Å². The predicted octanol–water partition coefficient (Wildman–Crippen LogP) is 3.33. The molecule has 0 spiro atoms. The molecule has 2 aliphatic carbocycles. The number of fused-ring (bicyclic) bond motifs is 3. The first-order valence-electron chi connectivity index (χ1n) is 10.4. The third kappa shape index (κ3) is 2.33. The molecule has 1 atom stereocenters. The zero-order valence-corrected chi connectivity index (χ0v) is 16.1. The van der Waals surface area contributed by atoms with E-state index in [0.717, 1.165) is 29.6 Å². The number of rotatable bonds is 4. The van der Waals surface area contributed by atoms with Gasteiger partial charge in [-0.25, -0.2) is 9.97 Å². The Kier molecular flexibility index (Phi) is 3.54. The van der Waals surface area contributed by atoms with Gasteiger partial charge in [0.05, 0.1) is 12.2 Å². The first kappa shape index (κ1) is 16.2. The monoisotopic (exact) mass is 376 g/mol. The zero-order valence-electron chi connectivity index (χ0n) is 16.1. The summed E-state index contributed by atoms with van der Waals surface area (Å²) in [5, 5.41) is 8.64. The molecule has 0 amide bonds. The van der Waals surface area contributed by atoms with Gasteiger partial charge in [-0.1, -0.05) is 19.8 Å². The maximum absolute atomic E-state index is 5.09. The molecule has 0 radical (unpaired) electrons. The van der Waals surface area contributed by atoms with Crippen LogP contribution in [0.2, 0.25) is 0 Å². The minimum Gasteiger partial charge on any atom is -0.341 e. The van der Waals surface area contributed by atoms with Crippen LogP contribution in [0.5, 0.6) is 0 Å². The van der Waals surface area contributed by atoms with Crippen LogP contribution in [0.25, 0.3) is 11.6 Å². The second kappa shape index (κ2) is 6.12. The largest absolute Gasteiger partial charge is 0.341 e. The standard InChI is InChI=1S/C20H24N8/c1-2-15-19-25-23-12-27(19)16-11-22-20(26-10-9-21-17(26)13-7-8-13)24-18(16)28(15)14-5-3-4-6-14/h9-15H,2-8H2,1H3. The van der Waals surface area contributed by atoms with Gasteiger partial charge >= 0.3 is 0 Å². The highest BCUT2D eigenvalue weighted by Gasteiger charge is 2.39. The summed E-state index contributed by atoms with van der Waals surface area (Å²) in [6.07, 6.45) is 15.9. The van der Waals surface area contributed by atoms with Gasteiger partial charge in [0.25, 0.3) is 0 Å². The van der Waals surface area contributed by atoms with Crippen LogP contribution in [0.3, 0.4) is 0 Å². The smallest absolute Gasteiger partial charge is 0.237 e. The maximum Gasteiger partial charge on any atom is 0.237 e. The molecule has 8 nitrogen and oxygen atoms in total.